The minimum Gasteiger partial charge on any atom is -0.394 e. The Bertz CT molecular complexity index is 270. The fraction of sp³-hybridized carbons (Fsp3) is 0.333. The predicted octanol–water partition coefficient (Wildman–Crippen LogP) is 1.77. The lowest BCUT2D eigenvalue weighted by atomic mass is 10.1. The van der Waals surface area contributed by atoms with E-state index in [1.807, 2.05) is 24.3 Å². The molecule has 0 amide bonds. The molecule has 1 N–H and O–H groups in total. The van der Waals surface area contributed by atoms with Gasteiger partial charge in [0.25, 0.3) is 0 Å². The quantitative estimate of drug-likeness (QED) is 0.711. The molecule has 0 radical (unpaired) electrons. The number of ether oxygens (including phenoxy) is 1. The van der Waals surface area contributed by atoms with Crippen molar-refractivity contribution in [1.82, 2.24) is 0 Å². The van der Waals surface area contributed by atoms with Gasteiger partial charge < -0.3 is 9.84 Å². The van der Waals surface area contributed by atoms with Gasteiger partial charge in [-0.25, -0.2) is 0 Å². The van der Waals surface area contributed by atoms with E-state index < -0.39 is 0 Å². The van der Waals surface area contributed by atoms with Crippen LogP contribution >= 0.6 is 11.6 Å². The van der Waals surface area contributed by atoms with Crippen molar-refractivity contribution in [2.24, 2.45) is 0 Å². The number of halogens is 1. The van der Waals surface area contributed by atoms with Crippen LogP contribution in [0.25, 0.3) is 0 Å². The lowest BCUT2D eigenvalue weighted by molar-refractivity contribution is 0.242. The summed E-state index contributed by atoms with van der Waals surface area (Å²) in [5.41, 5.74) is 1.08. The van der Waals surface area contributed by atoms with Crippen molar-refractivity contribution >= 4 is 11.6 Å². The van der Waals surface area contributed by atoms with Crippen LogP contribution in [-0.4, -0.2) is 17.8 Å². The summed E-state index contributed by atoms with van der Waals surface area (Å²) in [6.45, 7) is 0.0906. The summed E-state index contributed by atoms with van der Waals surface area (Å²) in [4.78, 5) is 0. The summed E-state index contributed by atoms with van der Waals surface area (Å²) in [7, 11) is 0. The second-order valence-electron chi connectivity index (χ2n) is 2.83. The van der Waals surface area contributed by atoms with Crippen LogP contribution in [0.15, 0.2) is 24.3 Å². The van der Waals surface area contributed by atoms with Crippen molar-refractivity contribution in [2.75, 3.05) is 6.61 Å². The highest BCUT2D eigenvalue weighted by molar-refractivity contribution is 6.30. The normalized spacial score (nSPS) is 27.2. The van der Waals surface area contributed by atoms with Crippen molar-refractivity contribution in [3.63, 3.8) is 0 Å². The molecule has 2 unspecified atom stereocenters. The molecule has 2 nitrogen and oxygen atoms in total. The van der Waals surface area contributed by atoms with Crippen molar-refractivity contribution in [3.8, 4) is 0 Å². The molecule has 1 heterocycles. The molecule has 1 aromatic rings. The summed E-state index contributed by atoms with van der Waals surface area (Å²) in [5, 5.41) is 9.46. The van der Waals surface area contributed by atoms with E-state index in [0.29, 0.717) is 0 Å². The second-order valence-corrected chi connectivity index (χ2v) is 3.27. The molecule has 3 heteroatoms. The molecule has 1 fully saturated rings. The molecule has 2 rings (SSSR count). The summed E-state index contributed by atoms with van der Waals surface area (Å²) in [6.07, 6.45) is 0.0680. The Balaban J connectivity index is 2.10. The zero-order chi connectivity index (χ0) is 8.55. The Hall–Kier alpha value is -0.570. The SMILES string of the molecule is OCC1OC1c1ccc(Cl)cc1. The van der Waals surface area contributed by atoms with Crippen LogP contribution in [0.1, 0.15) is 11.7 Å². The number of aliphatic hydroxyl groups excluding tert-OH is 1. The maximum atomic E-state index is 8.74. The first kappa shape index (κ1) is 8.05. The highest BCUT2D eigenvalue weighted by Crippen LogP contribution is 2.38. The Labute approximate surface area is 75.7 Å². The monoisotopic (exact) mass is 184 g/mol. The van der Waals surface area contributed by atoms with Crippen molar-refractivity contribution in [2.45, 2.75) is 12.2 Å². The van der Waals surface area contributed by atoms with Gasteiger partial charge in [-0.15, -0.1) is 0 Å². The van der Waals surface area contributed by atoms with E-state index in [4.69, 9.17) is 21.4 Å². The van der Waals surface area contributed by atoms with E-state index in [1.54, 1.807) is 0 Å². The molecular formula is C9H9ClO2. The summed E-state index contributed by atoms with van der Waals surface area (Å²) in [5.74, 6) is 0. The Kier molecular flexibility index (Phi) is 2.05. The predicted molar refractivity (Wildman–Crippen MR) is 46.2 cm³/mol. The maximum absolute atomic E-state index is 8.74. The smallest absolute Gasteiger partial charge is 0.112 e. The van der Waals surface area contributed by atoms with Gasteiger partial charge in [-0.05, 0) is 17.7 Å². The van der Waals surface area contributed by atoms with Crippen LogP contribution in [0.5, 0.6) is 0 Å². The van der Waals surface area contributed by atoms with Gasteiger partial charge >= 0.3 is 0 Å². The summed E-state index contributed by atoms with van der Waals surface area (Å²) >= 11 is 5.72. The van der Waals surface area contributed by atoms with Crippen LogP contribution < -0.4 is 0 Å². The Morgan fingerprint density at radius 3 is 2.50 bits per heavy atom. The molecule has 2 atom stereocenters. The standard InChI is InChI=1S/C9H9ClO2/c10-7-3-1-6(2-4-7)9-8(5-11)12-9/h1-4,8-9,11H,5H2. The average molecular weight is 185 g/mol. The molecule has 0 spiro atoms. The molecule has 1 aromatic carbocycles. The van der Waals surface area contributed by atoms with Gasteiger partial charge in [-0.1, -0.05) is 23.7 Å². The summed E-state index contributed by atoms with van der Waals surface area (Å²) in [6, 6.07) is 7.49. The number of hydrogen-bond acceptors (Lipinski definition) is 2. The molecule has 64 valence electrons. The van der Waals surface area contributed by atoms with E-state index in [0.717, 1.165) is 10.6 Å². The van der Waals surface area contributed by atoms with Crippen LogP contribution in [0.3, 0.4) is 0 Å². The van der Waals surface area contributed by atoms with Gasteiger partial charge in [0.1, 0.15) is 12.2 Å². The average Bonchev–Trinajstić information content (AvgIpc) is 2.85. The molecule has 1 aliphatic rings. The lowest BCUT2D eigenvalue weighted by Crippen LogP contribution is -1.93. The van der Waals surface area contributed by atoms with Crippen LogP contribution in [0.4, 0.5) is 0 Å². The Morgan fingerprint density at radius 1 is 1.33 bits per heavy atom. The highest BCUT2D eigenvalue weighted by Gasteiger charge is 2.39. The number of epoxide rings is 1. The molecule has 0 bridgehead atoms. The van der Waals surface area contributed by atoms with Gasteiger partial charge in [0.2, 0.25) is 0 Å². The van der Waals surface area contributed by atoms with Gasteiger partial charge in [0.05, 0.1) is 6.61 Å². The minimum absolute atomic E-state index is 0.00817. The molecule has 1 saturated heterocycles. The third-order valence-corrected chi connectivity index (χ3v) is 2.21. The van der Waals surface area contributed by atoms with E-state index in [9.17, 15) is 0 Å². The molecule has 12 heavy (non-hydrogen) atoms. The van der Waals surface area contributed by atoms with Crippen LogP contribution in [0, 0.1) is 0 Å². The molecule has 0 aliphatic carbocycles. The van der Waals surface area contributed by atoms with E-state index in [2.05, 4.69) is 0 Å². The van der Waals surface area contributed by atoms with Gasteiger partial charge in [-0.3, -0.25) is 0 Å². The van der Waals surface area contributed by atoms with Crippen molar-refractivity contribution in [3.05, 3.63) is 34.9 Å². The fourth-order valence-corrected chi connectivity index (χ4v) is 1.35. The topological polar surface area (TPSA) is 32.8 Å². The van der Waals surface area contributed by atoms with Gasteiger partial charge in [-0.2, -0.15) is 0 Å². The van der Waals surface area contributed by atoms with E-state index >= 15 is 0 Å². The van der Waals surface area contributed by atoms with Gasteiger partial charge in [0.15, 0.2) is 0 Å². The fourth-order valence-electron chi connectivity index (χ4n) is 1.23. The first-order valence-corrected chi connectivity index (χ1v) is 4.21. The number of aliphatic hydroxyl groups is 1. The van der Waals surface area contributed by atoms with E-state index in [1.165, 1.54) is 0 Å². The second kappa shape index (κ2) is 3.05. The molecule has 1 aliphatic heterocycles. The first-order valence-electron chi connectivity index (χ1n) is 3.83. The lowest BCUT2D eigenvalue weighted by Gasteiger charge is -1.94. The number of hydrogen-bond donors (Lipinski definition) is 1. The highest BCUT2D eigenvalue weighted by atomic mass is 35.5. The number of rotatable bonds is 2. The summed E-state index contributed by atoms with van der Waals surface area (Å²) < 4.78 is 5.20. The van der Waals surface area contributed by atoms with Crippen LogP contribution in [-0.2, 0) is 4.74 Å². The zero-order valence-corrected chi connectivity index (χ0v) is 7.16. The largest absolute Gasteiger partial charge is 0.394 e. The third kappa shape index (κ3) is 1.46. The molecule has 0 saturated carbocycles. The van der Waals surface area contributed by atoms with Crippen molar-refractivity contribution < 1.29 is 9.84 Å². The Morgan fingerprint density at radius 2 is 2.00 bits per heavy atom. The zero-order valence-electron chi connectivity index (χ0n) is 6.40. The molecular weight excluding hydrogens is 176 g/mol. The number of benzene rings is 1. The van der Waals surface area contributed by atoms with Crippen LogP contribution in [0.2, 0.25) is 5.02 Å². The van der Waals surface area contributed by atoms with E-state index in [-0.39, 0.29) is 18.8 Å². The maximum Gasteiger partial charge on any atom is 0.112 e. The third-order valence-electron chi connectivity index (χ3n) is 1.96. The van der Waals surface area contributed by atoms with Gasteiger partial charge in [0, 0.05) is 5.02 Å². The van der Waals surface area contributed by atoms with Crippen molar-refractivity contribution in [1.29, 1.82) is 0 Å². The first-order chi connectivity index (χ1) is 5.81. The minimum atomic E-state index is -0.00817. The molecule has 0 aromatic heterocycles.